The van der Waals surface area contributed by atoms with Crippen molar-refractivity contribution in [1.29, 1.82) is 0 Å². The minimum absolute atomic E-state index is 0.795. The van der Waals surface area contributed by atoms with Crippen LogP contribution in [0.4, 0.5) is 0 Å². The van der Waals surface area contributed by atoms with E-state index in [0.29, 0.717) is 0 Å². The molecule has 0 spiro atoms. The van der Waals surface area contributed by atoms with Gasteiger partial charge in [-0.1, -0.05) is 114 Å². The van der Waals surface area contributed by atoms with Crippen LogP contribution in [0.2, 0.25) is 0 Å². The van der Waals surface area contributed by atoms with Gasteiger partial charge in [-0.3, -0.25) is 0 Å². The Morgan fingerprint density at radius 3 is 2.17 bits per heavy atom. The molecule has 0 atom stereocenters. The molecule has 41 heavy (non-hydrogen) atoms. The van der Waals surface area contributed by atoms with Crippen molar-refractivity contribution in [2.45, 2.75) is 26.7 Å². The summed E-state index contributed by atoms with van der Waals surface area (Å²) < 4.78 is 0. The van der Waals surface area contributed by atoms with E-state index in [0.717, 1.165) is 15.9 Å². The van der Waals surface area contributed by atoms with Gasteiger partial charge in [-0.2, -0.15) is 35.5 Å². The molecule has 1 aliphatic rings. The van der Waals surface area contributed by atoms with Gasteiger partial charge >= 0.3 is 37.9 Å². The van der Waals surface area contributed by atoms with E-state index in [1.54, 1.807) is 0 Å². The molecular weight excluding hydrogens is 635 g/mol. The van der Waals surface area contributed by atoms with Crippen LogP contribution in [0.5, 0.6) is 0 Å². The average Bonchev–Trinajstić information content (AvgIpc) is 3.60. The van der Waals surface area contributed by atoms with Crippen LogP contribution in [-0.2, 0) is 27.3 Å². The van der Waals surface area contributed by atoms with Crippen molar-refractivity contribution in [1.82, 2.24) is 0 Å². The van der Waals surface area contributed by atoms with Crippen molar-refractivity contribution in [3.8, 4) is 33.4 Å². The molecule has 1 aliphatic heterocycles. The molecule has 7 rings (SSSR count). The van der Waals surface area contributed by atoms with Crippen LogP contribution in [0.15, 0.2) is 121 Å². The Morgan fingerprint density at radius 1 is 0.756 bits per heavy atom. The maximum Gasteiger partial charge on any atom is 0.0920 e. The molecule has 0 bridgehead atoms. The number of fused-ring (bicyclic) bond motifs is 4. The summed E-state index contributed by atoms with van der Waals surface area (Å²) in [6.07, 6.45) is 2.33. The monoisotopic (exact) mass is 662 g/mol. The molecule has 2 radical (unpaired) electrons. The summed E-state index contributed by atoms with van der Waals surface area (Å²) in [5.41, 5.74) is 10.8. The predicted octanol–water partition coefficient (Wildman–Crippen LogP) is 9.65. The Kier molecular flexibility index (Phi) is 10.6. The van der Waals surface area contributed by atoms with Crippen LogP contribution < -0.4 is 10.4 Å². The first-order valence-electron chi connectivity index (χ1n) is 13.8. The molecular formula is C37H30Cl2SiZr. The summed E-state index contributed by atoms with van der Waals surface area (Å²) in [6, 6.07) is 46.9. The number of halogens is 2. The van der Waals surface area contributed by atoms with E-state index >= 15 is 0 Å². The maximum atomic E-state index is 4.93. The summed E-state index contributed by atoms with van der Waals surface area (Å²) >= 11 is -0.826. The standard InChI is InChI=1S/C25H23.C12H7Si.2ClH.Zr/c1-3-9-19-16-21-15-14-18(2)25(24(21)17-19)23-13-8-7-12-22(23)20-10-5-4-6-11-20;1-3-7-11-9(5-1)10-6-2-4-8-12(10)13-11;;;/h4-8,10-17H,3,9H2,1-2H3;1-7H;2*1H;/q2*-1;;;+4/p-2. The minimum atomic E-state index is -0.826. The van der Waals surface area contributed by atoms with Crippen LogP contribution >= 0.6 is 17.0 Å². The summed E-state index contributed by atoms with van der Waals surface area (Å²) in [6.45, 7) is 4.47. The zero-order valence-electron chi connectivity index (χ0n) is 23.2. The van der Waals surface area contributed by atoms with Crippen molar-refractivity contribution >= 4 is 47.7 Å². The number of hydrogen-bond acceptors (Lipinski definition) is 0. The zero-order valence-corrected chi connectivity index (χ0v) is 28.2. The SMILES string of the molecule is CCCc1cc2c(-c3ccccc3-c3ccccc3)c(C)ccc2[cH-]1.[Cl][Zr+2][Cl].[c-]1cccc2c1[Si]c1ccccc1-2. The van der Waals surface area contributed by atoms with Crippen LogP contribution in [0.3, 0.4) is 0 Å². The first-order valence-corrected chi connectivity index (χ1v) is 21.1. The van der Waals surface area contributed by atoms with Gasteiger partial charge in [-0.15, -0.1) is 40.1 Å². The predicted molar refractivity (Wildman–Crippen MR) is 177 cm³/mol. The zero-order chi connectivity index (χ0) is 28.6. The first-order chi connectivity index (χ1) is 20.1. The van der Waals surface area contributed by atoms with Crippen LogP contribution in [0.1, 0.15) is 24.5 Å². The molecule has 0 fully saturated rings. The number of aryl methyl sites for hydroxylation is 2. The van der Waals surface area contributed by atoms with Crippen molar-refractivity contribution in [3.05, 3.63) is 139 Å². The summed E-state index contributed by atoms with van der Waals surface area (Å²) in [5, 5.41) is 5.56. The molecule has 0 aromatic heterocycles. The second-order valence-corrected chi connectivity index (χ2v) is 15.0. The van der Waals surface area contributed by atoms with Crippen LogP contribution in [0, 0.1) is 13.0 Å². The topological polar surface area (TPSA) is 0 Å². The van der Waals surface area contributed by atoms with E-state index in [1.165, 1.54) is 72.1 Å². The molecule has 0 unspecified atom stereocenters. The van der Waals surface area contributed by atoms with Gasteiger partial charge in [-0.25, -0.2) is 0 Å². The molecule has 6 aromatic carbocycles. The van der Waals surface area contributed by atoms with Crippen molar-refractivity contribution < 1.29 is 20.8 Å². The van der Waals surface area contributed by atoms with Gasteiger partial charge in [0.05, 0.1) is 9.52 Å². The molecule has 0 aliphatic carbocycles. The summed E-state index contributed by atoms with van der Waals surface area (Å²) in [7, 11) is 10.7. The molecule has 0 N–H and O–H groups in total. The fraction of sp³-hybridized carbons (Fsp3) is 0.108. The van der Waals surface area contributed by atoms with Crippen LogP contribution in [0.25, 0.3) is 44.2 Å². The van der Waals surface area contributed by atoms with Gasteiger partial charge in [-0.05, 0) is 30.0 Å². The van der Waals surface area contributed by atoms with Crippen molar-refractivity contribution in [2.24, 2.45) is 0 Å². The fourth-order valence-corrected chi connectivity index (χ4v) is 6.85. The molecule has 6 aromatic rings. The van der Waals surface area contributed by atoms with E-state index < -0.39 is 20.8 Å². The largest absolute Gasteiger partial charge is 0.184 e. The third-order valence-corrected chi connectivity index (χ3v) is 8.68. The summed E-state index contributed by atoms with van der Waals surface area (Å²) in [4.78, 5) is 0. The van der Waals surface area contributed by atoms with Gasteiger partial charge in [0.1, 0.15) is 0 Å². The third kappa shape index (κ3) is 6.90. The van der Waals surface area contributed by atoms with E-state index in [4.69, 9.17) is 17.0 Å². The van der Waals surface area contributed by atoms with Crippen molar-refractivity contribution in [2.75, 3.05) is 0 Å². The number of rotatable bonds is 4. The smallest absolute Gasteiger partial charge is 0.0920 e. The van der Waals surface area contributed by atoms with Gasteiger partial charge in [0, 0.05) is 0 Å². The van der Waals surface area contributed by atoms with E-state index in [9.17, 15) is 0 Å². The van der Waals surface area contributed by atoms with Gasteiger partial charge in [0.25, 0.3) is 0 Å². The molecule has 0 amide bonds. The number of benzene rings is 5. The Bertz CT molecular complexity index is 1700. The first kappa shape index (κ1) is 29.9. The van der Waals surface area contributed by atoms with Crippen molar-refractivity contribution in [3.63, 3.8) is 0 Å². The maximum absolute atomic E-state index is 4.93. The van der Waals surface area contributed by atoms with E-state index in [1.807, 2.05) is 6.07 Å². The molecule has 1 heterocycles. The molecule has 0 nitrogen and oxygen atoms in total. The molecule has 4 heteroatoms. The second kappa shape index (κ2) is 14.5. The minimum Gasteiger partial charge on any atom is -0.184 e. The molecule has 0 saturated heterocycles. The Hall–Kier alpha value is -2.61. The van der Waals surface area contributed by atoms with Gasteiger partial charge in [0.15, 0.2) is 0 Å². The van der Waals surface area contributed by atoms with Crippen LogP contribution in [-0.4, -0.2) is 9.52 Å². The van der Waals surface area contributed by atoms with E-state index in [2.05, 4.69) is 135 Å². The normalized spacial score (nSPS) is 10.9. The van der Waals surface area contributed by atoms with Gasteiger partial charge < -0.3 is 0 Å². The third-order valence-electron chi connectivity index (χ3n) is 7.31. The Labute approximate surface area is 265 Å². The van der Waals surface area contributed by atoms with Gasteiger partial charge in [0.2, 0.25) is 0 Å². The average molecular weight is 665 g/mol. The van der Waals surface area contributed by atoms with E-state index in [-0.39, 0.29) is 0 Å². The fourth-order valence-electron chi connectivity index (χ4n) is 5.54. The number of hydrogen-bond donors (Lipinski definition) is 0. The Balaban J connectivity index is 0.000000175. The Morgan fingerprint density at radius 2 is 1.41 bits per heavy atom. The summed E-state index contributed by atoms with van der Waals surface area (Å²) in [5.74, 6) is 0. The molecule has 200 valence electrons. The second-order valence-electron chi connectivity index (χ2n) is 9.99. The quantitative estimate of drug-likeness (QED) is 0.130. The molecule has 0 saturated carbocycles.